The van der Waals surface area contributed by atoms with E-state index in [1.807, 2.05) is 52.8 Å². The Morgan fingerprint density at radius 1 is 1.00 bits per heavy atom. The molecule has 0 spiro atoms. The summed E-state index contributed by atoms with van der Waals surface area (Å²) in [5.41, 5.74) is 4.07. The van der Waals surface area contributed by atoms with Gasteiger partial charge in [0.25, 0.3) is 5.56 Å². The van der Waals surface area contributed by atoms with Gasteiger partial charge in [-0.2, -0.15) is 5.10 Å². The fourth-order valence-corrected chi connectivity index (χ4v) is 7.39. The lowest BCUT2D eigenvalue weighted by Crippen LogP contribution is -2.53. The summed E-state index contributed by atoms with van der Waals surface area (Å²) in [5, 5.41) is 16.4. The highest BCUT2D eigenvalue weighted by atomic mass is 16.3. The molecule has 2 fully saturated rings. The number of fused-ring (bicyclic) bond motifs is 1. The molecule has 0 aliphatic carbocycles. The number of carbonyl (C=O) groups is 1. The summed E-state index contributed by atoms with van der Waals surface area (Å²) >= 11 is 0. The summed E-state index contributed by atoms with van der Waals surface area (Å²) in [5.74, 6) is 0.113. The van der Waals surface area contributed by atoms with Crippen molar-refractivity contribution in [2.24, 2.45) is 20.0 Å². The molecule has 0 saturated carbocycles. The molecule has 10 heteroatoms. The molecule has 10 nitrogen and oxygen atoms in total. The molecule has 2 aromatic carbocycles. The van der Waals surface area contributed by atoms with Crippen LogP contribution < -0.4 is 5.56 Å². The lowest BCUT2D eigenvalue weighted by Gasteiger charge is -2.43. The van der Waals surface area contributed by atoms with Crippen molar-refractivity contribution in [3.05, 3.63) is 107 Å². The zero-order chi connectivity index (χ0) is 31.8. The first kappa shape index (κ1) is 30.1. The molecule has 2 atom stereocenters. The minimum Gasteiger partial charge on any atom is -0.388 e. The maximum atomic E-state index is 14.1. The molecule has 0 unspecified atom stereocenters. The van der Waals surface area contributed by atoms with Crippen LogP contribution in [0.4, 0.5) is 0 Å². The smallest absolute Gasteiger partial charge is 0.262 e. The molecule has 5 heterocycles. The van der Waals surface area contributed by atoms with Crippen molar-refractivity contribution in [1.82, 2.24) is 33.7 Å². The Hall–Kier alpha value is -4.54. The van der Waals surface area contributed by atoms with Crippen LogP contribution in [0.5, 0.6) is 0 Å². The third-order valence-corrected chi connectivity index (χ3v) is 10.0. The normalized spacial score (nSPS) is 20.3. The number of aryl methyl sites for hydroxylation is 2. The highest BCUT2D eigenvalue weighted by Gasteiger charge is 2.41. The van der Waals surface area contributed by atoms with Crippen LogP contribution in [-0.4, -0.2) is 76.5 Å². The summed E-state index contributed by atoms with van der Waals surface area (Å²) in [6.07, 6.45) is 6.77. The minimum atomic E-state index is -1.07. The second kappa shape index (κ2) is 12.3. The SMILES string of the molecule is Cn1nccc1-c1cccc(CN2CC[C@@H](C(=O)N3CCC(O)(Cn4cnc5c(ccn5C)c4=O)CC3)[C@H](c3ccccc3)C2)c1. The van der Waals surface area contributed by atoms with E-state index in [-0.39, 0.29) is 29.8 Å². The standard InChI is InChI=1S/C36H41N7O3/c1-39-17-12-30-33(39)37-25-43(35(30)45)24-36(46)14-19-42(20-15-36)34(44)29-13-18-41(23-31(29)27-8-4-3-5-9-27)22-26-7-6-10-28(21-26)32-11-16-38-40(32)2/h3-12,16-17,21,25,29,31,46H,13-15,18-20,22-24H2,1-2H3/t29-,31+/m1/s1. The fourth-order valence-electron chi connectivity index (χ4n) is 7.39. The molecule has 46 heavy (non-hydrogen) atoms. The van der Waals surface area contributed by atoms with Gasteiger partial charge in [0.05, 0.1) is 23.2 Å². The monoisotopic (exact) mass is 619 g/mol. The number of aromatic nitrogens is 5. The van der Waals surface area contributed by atoms with Gasteiger partial charge in [-0.05, 0) is 55.1 Å². The van der Waals surface area contributed by atoms with Crippen LogP contribution >= 0.6 is 0 Å². The molecular weight excluding hydrogens is 578 g/mol. The molecule has 2 saturated heterocycles. The molecule has 2 aliphatic rings. The number of nitrogens with zero attached hydrogens (tertiary/aromatic N) is 7. The van der Waals surface area contributed by atoms with Crippen LogP contribution in [0, 0.1) is 5.92 Å². The summed E-state index contributed by atoms with van der Waals surface area (Å²) in [7, 11) is 3.81. The van der Waals surface area contributed by atoms with Crippen molar-refractivity contribution in [2.75, 3.05) is 26.2 Å². The molecular formula is C36H41N7O3. The van der Waals surface area contributed by atoms with E-state index in [4.69, 9.17) is 0 Å². The Balaban J connectivity index is 1.03. The van der Waals surface area contributed by atoms with Gasteiger partial charge in [0.1, 0.15) is 12.0 Å². The van der Waals surface area contributed by atoms with Gasteiger partial charge < -0.3 is 14.6 Å². The predicted octanol–water partition coefficient (Wildman–Crippen LogP) is 3.79. The van der Waals surface area contributed by atoms with Gasteiger partial charge in [-0.1, -0.05) is 48.5 Å². The first-order valence-electron chi connectivity index (χ1n) is 16.1. The third-order valence-electron chi connectivity index (χ3n) is 10.0. The van der Waals surface area contributed by atoms with Gasteiger partial charge in [0.15, 0.2) is 0 Å². The van der Waals surface area contributed by atoms with Crippen LogP contribution in [0.1, 0.15) is 36.3 Å². The average molecular weight is 620 g/mol. The Kier molecular flexibility index (Phi) is 8.08. The van der Waals surface area contributed by atoms with Crippen LogP contribution in [0.3, 0.4) is 0 Å². The molecule has 0 radical (unpaired) electrons. The van der Waals surface area contributed by atoms with Gasteiger partial charge >= 0.3 is 0 Å². The van der Waals surface area contributed by atoms with Crippen molar-refractivity contribution >= 4 is 16.9 Å². The van der Waals surface area contributed by atoms with Crippen molar-refractivity contribution in [3.8, 4) is 11.3 Å². The Bertz CT molecular complexity index is 1900. The molecule has 2 aliphatic heterocycles. The summed E-state index contributed by atoms with van der Waals surface area (Å²) in [6.45, 7) is 3.55. The topological polar surface area (TPSA) is 101 Å². The van der Waals surface area contributed by atoms with Gasteiger partial charge in [-0.25, -0.2) is 4.98 Å². The molecule has 1 amide bonds. The highest BCUT2D eigenvalue weighted by molar-refractivity contribution is 5.80. The minimum absolute atomic E-state index is 0.0748. The van der Waals surface area contributed by atoms with Crippen molar-refractivity contribution in [3.63, 3.8) is 0 Å². The number of rotatable bonds is 7. The maximum Gasteiger partial charge on any atom is 0.262 e. The van der Waals surface area contributed by atoms with Crippen LogP contribution in [0.25, 0.3) is 22.3 Å². The predicted molar refractivity (Wildman–Crippen MR) is 177 cm³/mol. The Morgan fingerprint density at radius 2 is 1.80 bits per heavy atom. The first-order valence-corrected chi connectivity index (χ1v) is 16.1. The average Bonchev–Trinajstić information content (AvgIpc) is 3.68. The van der Waals surface area contributed by atoms with E-state index >= 15 is 0 Å². The quantitative estimate of drug-likeness (QED) is 0.298. The lowest BCUT2D eigenvalue weighted by molar-refractivity contribution is -0.142. The molecule has 7 rings (SSSR count). The summed E-state index contributed by atoms with van der Waals surface area (Å²) in [6, 6.07) is 22.8. The molecule has 1 N–H and O–H groups in total. The second-order valence-corrected chi connectivity index (χ2v) is 13.1. The Labute approximate surface area is 268 Å². The van der Waals surface area contributed by atoms with Crippen LogP contribution in [0.2, 0.25) is 0 Å². The summed E-state index contributed by atoms with van der Waals surface area (Å²) < 4.78 is 5.21. The number of aliphatic hydroxyl groups is 1. The first-order chi connectivity index (χ1) is 22.3. The molecule has 3 aromatic heterocycles. The van der Waals surface area contributed by atoms with Crippen LogP contribution in [0.15, 0.2) is 90.2 Å². The number of benzene rings is 2. The van der Waals surface area contributed by atoms with E-state index in [2.05, 4.69) is 63.5 Å². The zero-order valence-corrected chi connectivity index (χ0v) is 26.5. The third kappa shape index (κ3) is 5.90. The van der Waals surface area contributed by atoms with E-state index < -0.39 is 5.60 Å². The highest BCUT2D eigenvalue weighted by Crippen LogP contribution is 2.36. The molecule has 0 bridgehead atoms. The van der Waals surface area contributed by atoms with Gasteiger partial charge in [0.2, 0.25) is 5.91 Å². The van der Waals surface area contributed by atoms with E-state index in [1.54, 1.807) is 6.07 Å². The number of likely N-dealkylation sites (tertiary alicyclic amines) is 2. The number of hydrogen-bond donors (Lipinski definition) is 1. The molecule has 238 valence electrons. The van der Waals surface area contributed by atoms with E-state index in [0.29, 0.717) is 37.0 Å². The maximum absolute atomic E-state index is 14.1. The van der Waals surface area contributed by atoms with Gasteiger partial charge in [-0.15, -0.1) is 0 Å². The number of piperidine rings is 2. The summed E-state index contributed by atoms with van der Waals surface area (Å²) in [4.78, 5) is 36.0. The van der Waals surface area contributed by atoms with Crippen molar-refractivity contribution in [1.29, 1.82) is 0 Å². The largest absolute Gasteiger partial charge is 0.388 e. The Morgan fingerprint density at radius 3 is 2.57 bits per heavy atom. The van der Waals surface area contributed by atoms with E-state index in [0.717, 1.165) is 37.3 Å². The van der Waals surface area contributed by atoms with Crippen LogP contribution in [-0.2, 0) is 32.0 Å². The second-order valence-electron chi connectivity index (χ2n) is 13.1. The number of hydrogen-bond acceptors (Lipinski definition) is 6. The molecule has 5 aromatic rings. The fraction of sp³-hybridized carbons (Fsp3) is 0.389. The zero-order valence-electron chi connectivity index (χ0n) is 26.5. The van der Waals surface area contributed by atoms with Gasteiger partial charge in [0, 0.05) is 70.1 Å². The lowest BCUT2D eigenvalue weighted by atomic mass is 9.79. The van der Waals surface area contributed by atoms with E-state index in [1.165, 1.54) is 22.0 Å². The van der Waals surface area contributed by atoms with Gasteiger partial charge in [-0.3, -0.25) is 23.7 Å². The van der Waals surface area contributed by atoms with E-state index in [9.17, 15) is 14.7 Å². The number of carbonyl (C=O) groups excluding carboxylic acids is 1. The van der Waals surface area contributed by atoms with Crippen molar-refractivity contribution in [2.45, 2.75) is 43.9 Å². The van der Waals surface area contributed by atoms with Crippen molar-refractivity contribution < 1.29 is 9.90 Å². The number of amides is 1.